The molecule has 1 aliphatic rings. The maximum Gasteiger partial charge on any atom is 0.261 e. The lowest BCUT2D eigenvalue weighted by molar-refractivity contribution is -0.134. The van der Waals surface area contributed by atoms with Gasteiger partial charge in [0.25, 0.3) is 10.0 Å². The summed E-state index contributed by atoms with van der Waals surface area (Å²) in [7, 11) is -4.84. The number of hydrogen-bond acceptors (Lipinski definition) is 8. The van der Waals surface area contributed by atoms with Crippen LogP contribution in [0.1, 0.15) is 25.0 Å². The Balaban J connectivity index is 1.67. The topological polar surface area (TPSA) is 143 Å². The van der Waals surface area contributed by atoms with Gasteiger partial charge in [-0.1, -0.05) is 24.6 Å². The number of rotatable bonds is 10. The number of anilines is 1. The molecule has 3 aromatic rings. The molecule has 0 aromatic heterocycles. The van der Waals surface area contributed by atoms with Gasteiger partial charge in [-0.05, 0) is 68.4 Å². The summed E-state index contributed by atoms with van der Waals surface area (Å²) in [4.78, 5) is 15.2. The lowest BCUT2D eigenvalue weighted by Crippen LogP contribution is -2.48. The minimum Gasteiger partial charge on any atom is -0.497 e. The molecule has 1 heterocycles. The van der Waals surface area contributed by atoms with Gasteiger partial charge in [0.15, 0.2) is 0 Å². The van der Waals surface area contributed by atoms with Crippen molar-refractivity contribution >= 4 is 31.6 Å². The standard InChI is InChI=1S/C31H39N3O8S2/c1-21-6-11-27(12-7-21)43(37,38)32-25-8-15-29-24(16-25)17-31(36)34(23(3)20-35)18-22(2)30(42-29)19-33(4)44(39,40)28-13-9-26(41-5)10-14-28/h6-16,22-23,30,32,35H,17-20H2,1-5H3/t22-,23-,30+/m1/s1. The van der Waals surface area contributed by atoms with Crippen molar-refractivity contribution in [1.29, 1.82) is 0 Å². The minimum atomic E-state index is -3.90. The first kappa shape index (κ1) is 33.2. The van der Waals surface area contributed by atoms with Gasteiger partial charge in [0.05, 0.1) is 42.5 Å². The van der Waals surface area contributed by atoms with Crippen LogP contribution in [0.15, 0.2) is 76.5 Å². The lowest BCUT2D eigenvalue weighted by Gasteiger charge is -2.33. The third-order valence-electron chi connectivity index (χ3n) is 7.70. The number of carbonyl (C=O) groups is 1. The van der Waals surface area contributed by atoms with E-state index in [2.05, 4.69) is 4.72 Å². The number of benzene rings is 3. The normalized spacial score (nSPS) is 18.4. The highest BCUT2D eigenvalue weighted by Crippen LogP contribution is 2.31. The fraction of sp³-hybridized carbons (Fsp3) is 0.387. The van der Waals surface area contributed by atoms with Crippen molar-refractivity contribution in [2.24, 2.45) is 5.92 Å². The Morgan fingerprint density at radius 2 is 1.68 bits per heavy atom. The van der Waals surface area contributed by atoms with Gasteiger partial charge in [-0.15, -0.1) is 0 Å². The number of nitrogens with zero attached hydrogens (tertiary/aromatic N) is 2. The Morgan fingerprint density at radius 3 is 2.30 bits per heavy atom. The highest BCUT2D eigenvalue weighted by molar-refractivity contribution is 7.92. The second-order valence-electron chi connectivity index (χ2n) is 11.1. The molecule has 11 nitrogen and oxygen atoms in total. The van der Waals surface area contributed by atoms with Gasteiger partial charge in [-0.2, -0.15) is 4.31 Å². The molecule has 4 rings (SSSR count). The van der Waals surface area contributed by atoms with Gasteiger partial charge < -0.3 is 19.5 Å². The summed E-state index contributed by atoms with van der Waals surface area (Å²) in [5, 5.41) is 9.90. The number of aliphatic hydroxyl groups is 1. The molecule has 1 amide bonds. The second kappa shape index (κ2) is 13.6. The van der Waals surface area contributed by atoms with E-state index < -0.39 is 32.2 Å². The van der Waals surface area contributed by atoms with Crippen LogP contribution >= 0.6 is 0 Å². The fourth-order valence-electron chi connectivity index (χ4n) is 4.92. The van der Waals surface area contributed by atoms with Crippen molar-refractivity contribution in [3.63, 3.8) is 0 Å². The first-order chi connectivity index (χ1) is 20.7. The van der Waals surface area contributed by atoms with E-state index in [4.69, 9.17) is 9.47 Å². The van der Waals surface area contributed by atoms with Gasteiger partial charge in [0.1, 0.15) is 17.6 Å². The van der Waals surface area contributed by atoms with Crippen LogP contribution in [0.4, 0.5) is 5.69 Å². The molecule has 3 atom stereocenters. The van der Waals surface area contributed by atoms with E-state index in [1.165, 1.54) is 42.7 Å². The van der Waals surface area contributed by atoms with Crippen LogP contribution in [-0.2, 0) is 31.3 Å². The largest absolute Gasteiger partial charge is 0.497 e. The first-order valence-electron chi connectivity index (χ1n) is 14.1. The van der Waals surface area contributed by atoms with E-state index in [0.717, 1.165) is 5.56 Å². The molecule has 0 radical (unpaired) electrons. The Morgan fingerprint density at radius 1 is 1.05 bits per heavy atom. The van der Waals surface area contributed by atoms with Crippen molar-refractivity contribution < 1.29 is 36.2 Å². The summed E-state index contributed by atoms with van der Waals surface area (Å²) >= 11 is 0. The number of fused-ring (bicyclic) bond motifs is 1. The van der Waals surface area contributed by atoms with Crippen molar-refractivity contribution in [2.75, 3.05) is 38.6 Å². The number of methoxy groups -OCH3 is 1. The van der Waals surface area contributed by atoms with Crippen LogP contribution in [0.5, 0.6) is 11.5 Å². The van der Waals surface area contributed by atoms with Crippen molar-refractivity contribution in [2.45, 2.75) is 49.1 Å². The molecule has 0 saturated heterocycles. The lowest BCUT2D eigenvalue weighted by atomic mass is 10.0. The average Bonchev–Trinajstić information content (AvgIpc) is 3.04. The van der Waals surface area contributed by atoms with Crippen molar-refractivity contribution in [1.82, 2.24) is 9.21 Å². The molecule has 3 aromatic carbocycles. The average molecular weight is 646 g/mol. The van der Waals surface area contributed by atoms with E-state index in [9.17, 15) is 26.7 Å². The highest BCUT2D eigenvalue weighted by Gasteiger charge is 2.33. The number of aliphatic hydroxyl groups excluding tert-OH is 1. The van der Waals surface area contributed by atoms with E-state index >= 15 is 0 Å². The van der Waals surface area contributed by atoms with Gasteiger partial charge in [-0.3, -0.25) is 9.52 Å². The predicted molar refractivity (Wildman–Crippen MR) is 167 cm³/mol. The minimum absolute atomic E-state index is 0.0354. The number of sulfonamides is 2. The number of aryl methyl sites for hydroxylation is 1. The van der Waals surface area contributed by atoms with Crippen LogP contribution in [0.25, 0.3) is 0 Å². The molecule has 44 heavy (non-hydrogen) atoms. The molecule has 13 heteroatoms. The van der Waals surface area contributed by atoms with Gasteiger partial charge in [0, 0.05) is 30.8 Å². The zero-order valence-corrected chi connectivity index (χ0v) is 27.1. The third kappa shape index (κ3) is 7.52. The Kier molecular flexibility index (Phi) is 10.2. The third-order valence-corrected chi connectivity index (χ3v) is 10.9. The molecule has 238 valence electrons. The van der Waals surface area contributed by atoms with Crippen molar-refractivity contribution in [3.8, 4) is 11.5 Å². The molecule has 2 N–H and O–H groups in total. The zero-order chi connectivity index (χ0) is 32.2. The SMILES string of the molecule is COc1ccc(S(=O)(=O)N(C)C[C@@H]2Oc3ccc(NS(=O)(=O)c4ccc(C)cc4)cc3CC(=O)N([C@H](C)CO)C[C@H]2C)cc1. The summed E-state index contributed by atoms with van der Waals surface area (Å²) in [6.07, 6.45) is -0.805. The van der Waals surface area contributed by atoms with Gasteiger partial charge >= 0.3 is 0 Å². The van der Waals surface area contributed by atoms with E-state index in [1.54, 1.807) is 54.3 Å². The summed E-state index contributed by atoms with van der Waals surface area (Å²) in [6.45, 7) is 5.36. The molecule has 0 fully saturated rings. The van der Waals surface area contributed by atoms with Crippen LogP contribution < -0.4 is 14.2 Å². The Hall–Kier alpha value is -3.65. The zero-order valence-electron chi connectivity index (χ0n) is 25.4. The second-order valence-corrected chi connectivity index (χ2v) is 14.8. The molecular formula is C31H39N3O8S2. The van der Waals surface area contributed by atoms with E-state index in [0.29, 0.717) is 17.1 Å². The predicted octanol–water partition coefficient (Wildman–Crippen LogP) is 3.27. The summed E-state index contributed by atoms with van der Waals surface area (Å²) in [6, 6.07) is 16.7. The van der Waals surface area contributed by atoms with Crippen LogP contribution in [-0.4, -0.2) is 83.1 Å². The van der Waals surface area contributed by atoms with Gasteiger partial charge in [0.2, 0.25) is 15.9 Å². The highest BCUT2D eigenvalue weighted by atomic mass is 32.2. The quantitative estimate of drug-likeness (QED) is 0.342. The maximum absolute atomic E-state index is 13.5. The molecule has 0 unspecified atom stereocenters. The van der Waals surface area contributed by atoms with Crippen LogP contribution in [0.3, 0.4) is 0 Å². The fourth-order valence-corrected chi connectivity index (χ4v) is 7.15. The maximum atomic E-state index is 13.5. The van der Waals surface area contributed by atoms with Gasteiger partial charge in [-0.25, -0.2) is 16.8 Å². The van der Waals surface area contributed by atoms with Crippen LogP contribution in [0, 0.1) is 12.8 Å². The summed E-state index contributed by atoms with van der Waals surface area (Å²) in [5.74, 6) is 0.246. The smallest absolute Gasteiger partial charge is 0.261 e. The van der Waals surface area contributed by atoms with E-state index in [-0.39, 0.29) is 53.4 Å². The number of carbonyl (C=O) groups excluding carboxylic acids is 1. The molecule has 1 aliphatic heterocycles. The first-order valence-corrected chi connectivity index (χ1v) is 17.1. The molecule has 0 bridgehead atoms. The molecule has 0 aliphatic carbocycles. The number of likely N-dealkylation sites (N-methyl/N-ethyl adjacent to an activating group) is 1. The van der Waals surface area contributed by atoms with Crippen LogP contribution in [0.2, 0.25) is 0 Å². The molecule has 0 saturated carbocycles. The Labute approximate surface area is 259 Å². The van der Waals surface area contributed by atoms with Crippen molar-refractivity contribution in [3.05, 3.63) is 77.9 Å². The Bertz CT molecular complexity index is 1680. The monoisotopic (exact) mass is 645 g/mol. The molecular weight excluding hydrogens is 606 g/mol. The number of nitrogens with one attached hydrogen (secondary N) is 1. The van der Waals surface area contributed by atoms with E-state index in [1.807, 2.05) is 13.8 Å². The summed E-state index contributed by atoms with van der Waals surface area (Å²) < 4.78 is 68.3. The molecule has 0 spiro atoms. The number of amides is 1. The summed E-state index contributed by atoms with van der Waals surface area (Å²) in [5.41, 5.74) is 1.59. The number of ether oxygens (including phenoxy) is 2. The number of hydrogen-bond donors (Lipinski definition) is 2.